The van der Waals surface area contributed by atoms with Gasteiger partial charge in [-0.1, -0.05) is 0 Å². The van der Waals surface area contributed by atoms with Crippen LogP contribution in [0.2, 0.25) is 0 Å². The SMILES string of the molecule is C[C@@H]1CC(C)(C)N(C)CO1. The second-order valence-electron chi connectivity index (χ2n) is 3.82. The Hall–Kier alpha value is -0.0800. The molecule has 1 saturated heterocycles. The Morgan fingerprint density at radius 2 is 2.10 bits per heavy atom. The summed E-state index contributed by atoms with van der Waals surface area (Å²) >= 11 is 0. The van der Waals surface area contributed by atoms with E-state index in [1.165, 1.54) is 0 Å². The first-order valence-corrected chi connectivity index (χ1v) is 3.85. The van der Waals surface area contributed by atoms with E-state index in [-0.39, 0.29) is 0 Å². The van der Waals surface area contributed by atoms with Gasteiger partial charge in [0, 0.05) is 5.54 Å². The van der Waals surface area contributed by atoms with E-state index in [0.29, 0.717) is 11.6 Å². The molecule has 0 saturated carbocycles. The van der Waals surface area contributed by atoms with Crippen molar-refractivity contribution in [2.45, 2.75) is 38.8 Å². The van der Waals surface area contributed by atoms with Crippen LogP contribution in [0.5, 0.6) is 0 Å². The van der Waals surface area contributed by atoms with Gasteiger partial charge in [0.2, 0.25) is 0 Å². The van der Waals surface area contributed by atoms with Crippen molar-refractivity contribution in [3.8, 4) is 0 Å². The lowest BCUT2D eigenvalue weighted by Gasteiger charge is -2.42. The fourth-order valence-electron chi connectivity index (χ4n) is 1.33. The highest BCUT2D eigenvalue weighted by Crippen LogP contribution is 2.24. The van der Waals surface area contributed by atoms with E-state index in [1.54, 1.807) is 0 Å². The Kier molecular flexibility index (Phi) is 2.02. The zero-order valence-corrected chi connectivity index (χ0v) is 7.35. The molecule has 1 heterocycles. The van der Waals surface area contributed by atoms with Gasteiger partial charge in [-0.2, -0.15) is 0 Å². The molecule has 0 aromatic rings. The maximum atomic E-state index is 5.45. The van der Waals surface area contributed by atoms with E-state index < -0.39 is 0 Å². The lowest BCUT2D eigenvalue weighted by molar-refractivity contribution is -0.107. The lowest BCUT2D eigenvalue weighted by Crippen LogP contribution is -2.49. The van der Waals surface area contributed by atoms with Crippen molar-refractivity contribution in [3.63, 3.8) is 0 Å². The third-order valence-corrected chi connectivity index (χ3v) is 2.37. The van der Waals surface area contributed by atoms with E-state index in [1.807, 2.05) is 0 Å². The minimum atomic E-state index is 0.317. The van der Waals surface area contributed by atoms with E-state index in [9.17, 15) is 0 Å². The summed E-state index contributed by atoms with van der Waals surface area (Å²) in [5.74, 6) is 0. The van der Waals surface area contributed by atoms with Gasteiger partial charge in [0.05, 0.1) is 12.8 Å². The standard InChI is InChI=1S/C8H17NO/c1-7-5-8(2,3)9(4)6-10-7/h7H,5-6H2,1-4H3/t7-/m1/s1. The molecule has 0 bridgehead atoms. The molecule has 60 valence electrons. The van der Waals surface area contributed by atoms with Crippen LogP contribution in [-0.4, -0.2) is 30.3 Å². The van der Waals surface area contributed by atoms with E-state index in [0.717, 1.165) is 13.2 Å². The summed E-state index contributed by atoms with van der Waals surface area (Å²) in [4.78, 5) is 2.24. The van der Waals surface area contributed by atoms with Crippen molar-refractivity contribution >= 4 is 0 Å². The third-order valence-electron chi connectivity index (χ3n) is 2.37. The number of rotatable bonds is 0. The minimum absolute atomic E-state index is 0.317. The van der Waals surface area contributed by atoms with Gasteiger partial charge in [-0.25, -0.2) is 0 Å². The van der Waals surface area contributed by atoms with E-state index in [2.05, 4.69) is 32.7 Å². The fourth-order valence-corrected chi connectivity index (χ4v) is 1.33. The first kappa shape index (κ1) is 8.02. The van der Waals surface area contributed by atoms with Crippen LogP contribution in [0.4, 0.5) is 0 Å². The molecule has 1 fully saturated rings. The molecular weight excluding hydrogens is 126 g/mol. The van der Waals surface area contributed by atoms with Crippen molar-refractivity contribution in [1.82, 2.24) is 4.90 Å². The van der Waals surface area contributed by atoms with Gasteiger partial charge in [0.25, 0.3) is 0 Å². The first-order chi connectivity index (χ1) is 4.52. The van der Waals surface area contributed by atoms with Crippen molar-refractivity contribution in [2.24, 2.45) is 0 Å². The van der Waals surface area contributed by atoms with Crippen LogP contribution in [-0.2, 0) is 4.74 Å². The summed E-state index contributed by atoms with van der Waals surface area (Å²) in [6, 6.07) is 0. The largest absolute Gasteiger partial charge is 0.363 e. The molecule has 0 spiro atoms. The van der Waals surface area contributed by atoms with Crippen molar-refractivity contribution in [1.29, 1.82) is 0 Å². The van der Waals surface area contributed by atoms with Crippen LogP contribution in [0.1, 0.15) is 27.2 Å². The summed E-state index contributed by atoms with van der Waals surface area (Å²) in [6.45, 7) is 7.42. The highest BCUT2D eigenvalue weighted by atomic mass is 16.5. The molecule has 1 rings (SSSR count). The molecule has 0 radical (unpaired) electrons. The Labute approximate surface area is 63.2 Å². The molecule has 0 amide bonds. The second-order valence-corrected chi connectivity index (χ2v) is 3.82. The predicted molar refractivity (Wildman–Crippen MR) is 41.9 cm³/mol. The summed E-state index contributed by atoms with van der Waals surface area (Å²) < 4.78 is 5.45. The average Bonchev–Trinajstić information content (AvgIpc) is 1.78. The van der Waals surface area contributed by atoms with Crippen molar-refractivity contribution < 1.29 is 4.74 Å². The van der Waals surface area contributed by atoms with Crippen LogP contribution < -0.4 is 0 Å². The predicted octanol–water partition coefficient (Wildman–Crippen LogP) is 1.46. The fraction of sp³-hybridized carbons (Fsp3) is 1.00. The molecule has 10 heavy (non-hydrogen) atoms. The topological polar surface area (TPSA) is 12.5 Å². The minimum Gasteiger partial charge on any atom is -0.363 e. The van der Waals surface area contributed by atoms with Crippen LogP contribution >= 0.6 is 0 Å². The first-order valence-electron chi connectivity index (χ1n) is 3.85. The average molecular weight is 143 g/mol. The Bertz CT molecular complexity index is 122. The molecule has 2 nitrogen and oxygen atoms in total. The van der Waals surface area contributed by atoms with Gasteiger partial charge < -0.3 is 4.74 Å². The number of hydrogen-bond acceptors (Lipinski definition) is 2. The smallest absolute Gasteiger partial charge is 0.0995 e. The van der Waals surface area contributed by atoms with Gasteiger partial charge in [-0.05, 0) is 34.2 Å². The maximum absolute atomic E-state index is 5.45. The molecule has 0 N–H and O–H groups in total. The van der Waals surface area contributed by atoms with Gasteiger partial charge >= 0.3 is 0 Å². The zero-order valence-electron chi connectivity index (χ0n) is 7.35. The zero-order chi connectivity index (χ0) is 7.78. The van der Waals surface area contributed by atoms with Crippen LogP contribution in [0.15, 0.2) is 0 Å². The normalized spacial score (nSPS) is 34.2. The Morgan fingerprint density at radius 3 is 2.50 bits per heavy atom. The number of hydrogen-bond donors (Lipinski definition) is 0. The summed E-state index contributed by atoms with van der Waals surface area (Å²) in [6.07, 6.45) is 1.55. The van der Waals surface area contributed by atoms with Gasteiger partial charge in [-0.15, -0.1) is 0 Å². The van der Waals surface area contributed by atoms with Crippen molar-refractivity contribution in [3.05, 3.63) is 0 Å². The van der Waals surface area contributed by atoms with E-state index in [4.69, 9.17) is 4.74 Å². The van der Waals surface area contributed by atoms with E-state index >= 15 is 0 Å². The molecule has 0 aromatic carbocycles. The summed E-state index contributed by atoms with van der Waals surface area (Å²) in [7, 11) is 2.10. The molecule has 0 aromatic heterocycles. The number of ether oxygens (including phenoxy) is 1. The van der Waals surface area contributed by atoms with Crippen LogP contribution in [0.25, 0.3) is 0 Å². The van der Waals surface area contributed by atoms with Crippen LogP contribution in [0.3, 0.4) is 0 Å². The lowest BCUT2D eigenvalue weighted by atomic mass is 9.95. The molecule has 0 aliphatic carbocycles. The molecular formula is C8H17NO. The quantitative estimate of drug-likeness (QED) is 0.509. The molecule has 0 unspecified atom stereocenters. The highest BCUT2D eigenvalue weighted by molar-refractivity contribution is 4.83. The molecule has 2 heteroatoms. The molecule has 1 atom stereocenters. The third kappa shape index (κ3) is 1.50. The second kappa shape index (κ2) is 2.51. The van der Waals surface area contributed by atoms with Crippen molar-refractivity contribution in [2.75, 3.05) is 13.8 Å². The molecule has 1 aliphatic heterocycles. The molecule has 1 aliphatic rings. The number of nitrogens with zero attached hydrogens (tertiary/aromatic N) is 1. The Morgan fingerprint density at radius 1 is 1.50 bits per heavy atom. The highest BCUT2D eigenvalue weighted by Gasteiger charge is 2.30. The van der Waals surface area contributed by atoms with Crippen LogP contribution in [0, 0.1) is 0 Å². The monoisotopic (exact) mass is 143 g/mol. The maximum Gasteiger partial charge on any atom is 0.0995 e. The summed E-state index contributed by atoms with van der Waals surface area (Å²) in [5.41, 5.74) is 0.317. The summed E-state index contributed by atoms with van der Waals surface area (Å²) in [5, 5.41) is 0. The van der Waals surface area contributed by atoms with Gasteiger partial charge in [-0.3, -0.25) is 4.90 Å². The van der Waals surface area contributed by atoms with Gasteiger partial charge in [0.15, 0.2) is 0 Å². The Balaban J connectivity index is 2.55. The van der Waals surface area contributed by atoms with Gasteiger partial charge in [0.1, 0.15) is 0 Å².